The molecule has 0 aliphatic heterocycles. The lowest BCUT2D eigenvalue weighted by molar-refractivity contribution is 0.181. The lowest BCUT2D eigenvalue weighted by atomic mass is 9.91. The molecule has 0 spiro atoms. The zero-order chi connectivity index (χ0) is 18.6. The molecule has 0 unspecified atom stereocenters. The van der Waals surface area contributed by atoms with E-state index >= 15 is 0 Å². The molecule has 5 nitrogen and oxygen atoms in total. The molecule has 0 N–H and O–H groups in total. The van der Waals surface area contributed by atoms with Gasteiger partial charge in [0.1, 0.15) is 5.75 Å². The highest BCUT2D eigenvalue weighted by Gasteiger charge is 2.39. The van der Waals surface area contributed by atoms with E-state index in [1.807, 2.05) is 14.1 Å². The second-order valence-electron chi connectivity index (χ2n) is 8.46. The first kappa shape index (κ1) is 20.6. The molecule has 0 saturated carbocycles. The van der Waals surface area contributed by atoms with E-state index in [9.17, 15) is 0 Å². The second-order valence-corrected chi connectivity index (χ2v) is 13.2. The van der Waals surface area contributed by atoms with Crippen molar-refractivity contribution >= 4 is 8.32 Å². The van der Waals surface area contributed by atoms with Gasteiger partial charge in [0.15, 0.2) is 0 Å². The fourth-order valence-corrected chi connectivity index (χ4v) is 3.13. The van der Waals surface area contributed by atoms with Gasteiger partial charge in [-0.05, 0) is 68.8 Å². The highest BCUT2D eigenvalue weighted by Crippen LogP contribution is 2.37. The number of rotatable bonds is 7. The van der Waals surface area contributed by atoms with Gasteiger partial charge >= 0.3 is 0 Å². The molecule has 24 heavy (non-hydrogen) atoms. The van der Waals surface area contributed by atoms with Gasteiger partial charge in [-0.2, -0.15) is 0 Å². The zero-order valence-electron chi connectivity index (χ0n) is 16.4. The van der Waals surface area contributed by atoms with Crippen LogP contribution in [0.2, 0.25) is 18.1 Å². The quantitative estimate of drug-likeness (QED) is 0.293. The van der Waals surface area contributed by atoms with E-state index in [2.05, 4.69) is 80.0 Å². The van der Waals surface area contributed by atoms with Gasteiger partial charge in [-0.15, -0.1) is 0 Å². The molecule has 0 aliphatic rings. The van der Waals surface area contributed by atoms with E-state index < -0.39 is 8.32 Å². The Kier molecular flexibility index (Phi) is 6.50. The standard InChI is InChI=1S/C18H32N4OSi/c1-17(2,3)24(7,8)23-16-11-9-15(10-12-16)13-18(4,22(5)6)14-20-21-19/h9-12H,13-14H2,1-8H3/t18-/m0/s1. The number of nitrogens with zero attached hydrogens (tertiary/aromatic N) is 4. The van der Waals surface area contributed by atoms with Gasteiger partial charge in [0.2, 0.25) is 8.32 Å². The summed E-state index contributed by atoms with van der Waals surface area (Å²) in [5.41, 5.74) is 9.62. The normalized spacial score (nSPS) is 14.9. The average Bonchev–Trinajstić information content (AvgIpc) is 2.45. The molecule has 0 radical (unpaired) electrons. The highest BCUT2D eigenvalue weighted by atomic mass is 28.4. The SMILES string of the molecule is CN(C)[C@](C)(CN=[N+]=[N-])Cc1ccc(O[Si](C)(C)C(C)(C)C)cc1. The van der Waals surface area contributed by atoms with Crippen molar-refractivity contribution < 1.29 is 4.43 Å². The van der Waals surface area contributed by atoms with E-state index in [-0.39, 0.29) is 10.6 Å². The van der Waals surface area contributed by atoms with Crippen molar-refractivity contribution in [2.75, 3.05) is 20.6 Å². The van der Waals surface area contributed by atoms with Crippen LogP contribution in [0.1, 0.15) is 33.3 Å². The monoisotopic (exact) mass is 348 g/mol. The zero-order valence-corrected chi connectivity index (χ0v) is 17.4. The third-order valence-electron chi connectivity index (χ3n) is 5.24. The van der Waals surface area contributed by atoms with Crippen molar-refractivity contribution in [1.82, 2.24) is 4.90 Å². The van der Waals surface area contributed by atoms with E-state index in [0.29, 0.717) is 6.54 Å². The van der Waals surface area contributed by atoms with Gasteiger partial charge in [-0.25, -0.2) is 0 Å². The number of benzene rings is 1. The minimum absolute atomic E-state index is 0.185. The number of hydrogen-bond donors (Lipinski definition) is 0. The molecule has 1 aromatic rings. The minimum atomic E-state index is -1.81. The third kappa shape index (κ3) is 5.26. The molecule has 0 aromatic heterocycles. The Bertz CT molecular complexity index is 586. The summed E-state index contributed by atoms with van der Waals surface area (Å²) in [6, 6.07) is 8.33. The van der Waals surface area contributed by atoms with Crippen molar-refractivity contribution in [3.8, 4) is 5.75 Å². The van der Waals surface area contributed by atoms with Crippen LogP contribution in [0.5, 0.6) is 5.75 Å². The molecule has 0 bridgehead atoms. The van der Waals surface area contributed by atoms with Gasteiger partial charge in [-0.1, -0.05) is 38.0 Å². The van der Waals surface area contributed by atoms with Crippen LogP contribution in [0.4, 0.5) is 0 Å². The first-order chi connectivity index (χ1) is 10.9. The van der Waals surface area contributed by atoms with Crippen molar-refractivity contribution in [1.29, 1.82) is 0 Å². The summed E-state index contributed by atoms with van der Waals surface area (Å²) in [6.45, 7) is 13.8. The minimum Gasteiger partial charge on any atom is -0.544 e. The molecule has 0 fully saturated rings. The lowest BCUT2D eigenvalue weighted by Crippen LogP contribution is -2.46. The fraction of sp³-hybridized carbons (Fsp3) is 0.667. The third-order valence-corrected chi connectivity index (χ3v) is 9.60. The molecule has 0 heterocycles. The molecule has 1 aromatic carbocycles. The lowest BCUT2D eigenvalue weighted by Gasteiger charge is -2.37. The Hall–Kier alpha value is -1.49. The Balaban J connectivity index is 2.89. The van der Waals surface area contributed by atoms with E-state index in [1.165, 1.54) is 5.56 Å². The predicted molar refractivity (Wildman–Crippen MR) is 104 cm³/mol. The summed E-state index contributed by atoms with van der Waals surface area (Å²) >= 11 is 0. The van der Waals surface area contributed by atoms with Crippen LogP contribution in [-0.2, 0) is 6.42 Å². The van der Waals surface area contributed by atoms with Crippen LogP contribution in [-0.4, -0.2) is 39.4 Å². The Morgan fingerprint density at radius 1 is 1.12 bits per heavy atom. The van der Waals surface area contributed by atoms with E-state index in [0.717, 1.165) is 12.2 Å². The number of likely N-dealkylation sites (N-methyl/N-ethyl adjacent to an activating group) is 1. The van der Waals surface area contributed by atoms with Crippen LogP contribution >= 0.6 is 0 Å². The summed E-state index contributed by atoms with van der Waals surface area (Å²) in [6.07, 6.45) is 0.819. The molecular weight excluding hydrogens is 316 g/mol. The molecule has 1 rings (SSSR count). The van der Waals surface area contributed by atoms with Crippen molar-refractivity contribution in [2.24, 2.45) is 5.11 Å². The fourth-order valence-electron chi connectivity index (χ4n) is 2.10. The summed E-state index contributed by atoms with van der Waals surface area (Å²) in [4.78, 5) is 5.02. The summed E-state index contributed by atoms with van der Waals surface area (Å²) in [5.74, 6) is 0.937. The summed E-state index contributed by atoms with van der Waals surface area (Å²) in [7, 11) is 2.22. The van der Waals surface area contributed by atoms with Crippen LogP contribution in [0.15, 0.2) is 29.4 Å². The summed E-state index contributed by atoms with van der Waals surface area (Å²) < 4.78 is 6.33. The molecule has 6 heteroatoms. The molecule has 1 atom stereocenters. The van der Waals surface area contributed by atoms with Crippen molar-refractivity contribution in [3.05, 3.63) is 40.3 Å². The molecule has 0 aliphatic carbocycles. The smallest absolute Gasteiger partial charge is 0.250 e. The maximum atomic E-state index is 8.61. The first-order valence-electron chi connectivity index (χ1n) is 8.37. The Morgan fingerprint density at radius 3 is 2.08 bits per heavy atom. The molecule has 0 amide bonds. The maximum Gasteiger partial charge on any atom is 0.250 e. The topological polar surface area (TPSA) is 61.2 Å². The van der Waals surface area contributed by atoms with Crippen molar-refractivity contribution in [2.45, 2.75) is 57.8 Å². The van der Waals surface area contributed by atoms with Gasteiger partial charge in [0.25, 0.3) is 0 Å². The van der Waals surface area contributed by atoms with E-state index in [1.54, 1.807) is 0 Å². The van der Waals surface area contributed by atoms with Gasteiger partial charge < -0.3 is 9.33 Å². The maximum absolute atomic E-state index is 8.61. The van der Waals surface area contributed by atoms with Gasteiger partial charge in [0, 0.05) is 17.0 Å². The number of azide groups is 1. The average molecular weight is 349 g/mol. The molecule has 0 saturated heterocycles. The highest BCUT2D eigenvalue weighted by molar-refractivity contribution is 6.74. The first-order valence-corrected chi connectivity index (χ1v) is 11.3. The van der Waals surface area contributed by atoms with Crippen LogP contribution in [0.3, 0.4) is 0 Å². The van der Waals surface area contributed by atoms with Crippen LogP contribution < -0.4 is 4.43 Å². The second kappa shape index (κ2) is 7.60. The van der Waals surface area contributed by atoms with Gasteiger partial charge in [0.05, 0.1) is 0 Å². The molecule has 134 valence electrons. The van der Waals surface area contributed by atoms with Gasteiger partial charge in [-0.3, -0.25) is 0 Å². The van der Waals surface area contributed by atoms with Crippen LogP contribution in [0.25, 0.3) is 10.4 Å². The molecular formula is C18H32N4OSi. The number of hydrogen-bond acceptors (Lipinski definition) is 3. The van der Waals surface area contributed by atoms with Crippen molar-refractivity contribution in [3.63, 3.8) is 0 Å². The Morgan fingerprint density at radius 2 is 1.67 bits per heavy atom. The Labute approximate surface area is 147 Å². The van der Waals surface area contributed by atoms with Crippen LogP contribution in [0, 0.1) is 0 Å². The summed E-state index contributed by atoms with van der Waals surface area (Å²) in [5, 5.41) is 3.96. The largest absolute Gasteiger partial charge is 0.544 e. The predicted octanol–water partition coefficient (Wildman–Crippen LogP) is 5.24. The van der Waals surface area contributed by atoms with E-state index in [4.69, 9.17) is 9.96 Å².